The van der Waals surface area contributed by atoms with E-state index in [1.54, 1.807) is 0 Å². The van der Waals surface area contributed by atoms with Gasteiger partial charge in [-0.25, -0.2) is 0 Å². The zero-order chi connectivity index (χ0) is 32.0. The first-order chi connectivity index (χ1) is 18.1. The van der Waals surface area contributed by atoms with Gasteiger partial charge in [0.05, 0.1) is 162 Å². The topological polar surface area (TPSA) is 0 Å². The van der Waals surface area contributed by atoms with Gasteiger partial charge in [-0.1, -0.05) is 0 Å². The second-order valence-electron chi connectivity index (χ2n) is 17.9. The Balaban J connectivity index is 8.34. The van der Waals surface area contributed by atoms with Gasteiger partial charge >= 0.3 is 0 Å². The van der Waals surface area contributed by atoms with Crippen molar-refractivity contribution in [1.82, 2.24) is 0 Å². The van der Waals surface area contributed by atoms with Crippen molar-refractivity contribution in [3.8, 4) is 0 Å². The second kappa shape index (κ2) is 19.3. The van der Waals surface area contributed by atoms with Gasteiger partial charge in [-0.2, -0.15) is 0 Å². The zero-order valence-electron chi connectivity index (χ0n) is 32.0. The van der Waals surface area contributed by atoms with Gasteiger partial charge in [0.1, 0.15) is 0 Å². The van der Waals surface area contributed by atoms with Crippen LogP contribution in [0.2, 0.25) is 0 Å². The average molecular weight is 475 g/mol. The smallest absolute Gasteiger partial charge is 0.0000910 e. The zero-order valence-corrected chi connectivity index (χ0v) is 32.0. The standard InChI is InChI=1S/B40H42/c1-22(2)32(21)37(31(19)20)40(38(33(23(3)4)24(5)6)34(25(7)8)26(9)10)39(35(27(11)12)28(13)14)36(29(15)16)30(17)18/h1-21H2. The number of rotatable bonds is 18. The van der Waals surface area contributed by atoms with E-state index < -0.39 is 0 Å². The molecule has 0 aliphatic carbocycles. The Labute approximate surface area is 282 Å². The third-order valence-electron chi connectivity index (χ3n) is 11.7. The molecule has 0 fully saturated rings. The summed E-state index contributed by atoms with van der Waals surface area (Å²) in [6.45, 7) is 0. The minimum absolute atomic E-state index is 0.687. The summed E-state index contributed by atoms with van der Waals surface area (Å²) in [6.07, 6.45) is 13.6. The Hall–Kier alpha value is 2.60. The van der Waals surface area contributed by atoms with Gasteiger partial charge < -0.3 is 0 Å². The van der Waals surface area contributed by atoms with Crippen molar-refractivity contribution >= 4 is 284 Å². The molecule has 0 spiro atoms. The minimum atomic E-state index is 0.687. The molecule has 0 aromatic rings. The van der Waals surface area contributed by atoms with Gasteiger partial charge in [0.25, 0.3) is 0 Å². The molecule has 162 valence electrons. The van der Waals surface area contributed by atoms with E-state index in [1.165, 1.54) is 0 Å². The Morgan fingerprint density at radius 1 is 0.150 bits per heavy atom. The molecule has 40 heteroatoms. The van der Waals surface area contributed by atoms with Crippen molar-refractivity contribution in [1.29, 1.82) is 0 Å². The first-order valence-corrected chi connectivity index (χ1v) is 18.1. The predicted octanol–water partition coefficient (Wildman–Crippen LogP) is -26.5. The second-order valence-corrected chi connectivity index (χ2v) is 17.9. The fourth-order valence-corrected chi connectivity index (χ4v) is 10.8. The lowest BCUT2D eigenvalue weighted by molar-refractivity contribution is 3.21. The fourth-order valence-electron chi connectivity index (χ4n) is 10.8. The van der Waals surface area contributed by atoms with Crippen molar-refractivity contribution in [3.05, 3.63) is 0 Å². The van der Waals surface area contributed by atoms with E-state index >= 15 is 0 Å². The van der Waals surface area contributed by atoms with Crippen LogP contribution >= 0.6 is 0 Å². The molecule has 0 rings (SSSR count). The van der Waals surface area contributed by atoms with Crippen LogP contribution in [0.15, 0.2) is 0 Å². The summed E-state index contributed by atoms with van der Waals surface area (Å²) >= 11 is 0. The molecule has 0 saturated carbocycles. The third-order valence-corrected chi connectivity index (χ3v) is 11.7. The van der Waals surface area contributed by atoms with E-state index in [9.17, 15) is 0 Å². The summed E-state index contributed by atoms with van der Waals surface area (Å²) in [5.41, 5.74) is 0. The quantitative estimate of drug-likeness (QED) is 0.173. The molecule has 0 atom stereocenters. The van der Waals surface area contributed by atoms with Gasteiger partial charge in [-0.3, -0.25) is 0 Å². The Bertz CT molecular complexity index is 529. The van der Waals surface area contributed by atoms with Crippen LogP contribution in [0.1, 0.15) is 0 Å². The highest BCUT2D eigenvalue weighted by Crippen LogP contribution is 2.18. The summed E-state index contributed by atoms with van der Waals surface area (Å²) in [5, 5.41) is 0. The molecule has 40 heavy (non-hydrogen) atoms. The summed E-state index contributed by atoms with van der Waals surface area (Å²) in [7, 11) is 53.8. The maximum absolute atomic E-state index is 2.63. The summed E-state index contributed by atoms with van der Waals surface area (Å²) in [4.78, 5) is 0. The molecule has 0 aromatic heterocycles. The Morgan fingerprint density at radius 2 is 0.300 bits per heavy atom. The molecular formula is H42B40. The average Bonchev–Trinajstić information content (AvgIpc) is 2.73. The van der Waals surface area contributed by atoms with E-state index in [1.807, 2.05) is 0 Å². The predicted molar refractivity (Wildman–Crippen MR) is 289 cm³/mol. The van der Waals surface area contributed by atoms with Crippen molar-refractivity contribution < 1.29 is 0 Å². The first-order valence-electron chi connectivity index (χ1n) is 18.1. The molecule has 0 saturated heterocycles. The highest BCUT2D eigenvalue weighted by molar-refractivity contribution is 8.32. The summed E-state index contributed by atoms with van der Waals surface area (Å²) in [6, 6.07) is 0. The highest BCUT2D eigenvalue weighted by Gasteiger charge is 2.57. The lowest BCUT2D eigenvalue weighted by Crippen LogP contribution is -2.92. The van der Waals surface area contributed by atoms with E-state index in [0.717, 1.165) is 57.5 Å². The SMILES string of the molecule is BB(B)B(B)B(B(B)B)B(B(B(B(B)B)B(B)B)B(B(B)B)B(B)B)B(B(B(B)B)B(B)B)B(B(B)B)B(B)B. The first kappa shape index (κ1) is 42.6. The Kier molecular flexibility index (Phi) is 20.6. The van der Waals surface area contributed by atoms with Crippen LogP contribution in [0.25, 0.3) is 0 Å². The van der Waals surface area contributed by atoms with Gasteiger partial charge in [0, 0.05) is 121 Å². The van der Waals surface area contributed by atoms with Gasteiger partial charge in [0.15, 0.2) is 0 Å². The van der Waals surface area contributed by atoms with Crippen LogP contribution in [-0.2, 0) is 0 Å². The van der Waals surface area contributed by atoms with Crippen molar-refractivity contribution in [2.75, 3.05) is 0 Å². The summed E-state index contributed by atoms with van der Waals surface area (Å²) < 4.78 is 0. The maximum Gasteiger partial charge on any atom is 0.0552 e. The molecule has 0 aliphatic heterocycles. The van der Waals surface area contributed by atoms with Crippen LogP contribution in [0.5, 0.6) is 0 Å². The van der Waals surface area contributed by atoms with E-state index in [4.69, 9.17) is 0 Å². The molecule has 0 N–H and O–H groups in total. The van der Waals surface area contributed by atoms with Crippen LogP contribution in [0.4, 0.5) is 0 Å². The summed E-state index contributed by atoms with van der Waals surface area (Å²) in [5.74, 6) is 0. The number of hydrogen-bond donors (Lipinski definition) is 0. The molecule has 0 nitrogen and oxygen atoms in total. The number of hydrogen-bond acceptors (Lipinski definition) is 0. The maximum atomic E-state index is 2.63. The van der Waals surface area contributed by atoms with Gasteiger partial charge in [-0.15, -0.1) is 0 Å². The molecular weight excluding hydrogens is 432 g/mol. The Morgan fingerprint density at radius 3 is 0.425 bits per heavy atom. The highest BCUT2D eigenvalue weighted by atomic mass is 13.4. The molecule has 0 amide bonds. The van der Waals surface area contributed by atoms with Crippen molar-refractivity contribution in [2.24, 2.45) is 0 Å². The van der Waals surface area contributed by atoms with Crippen LogP contribution in [0, 0.1) is 0 Å². The molecule has 0 bridgehead atoms. The van der Waals surface area contributed by atoms with E-state index in [-0.39, 0.29) is 0 Å². The third kappa shape index (κ3) is 11.4. The molecule has 0 radical (unpaired) electrons. The lowest BCUT2D eigenvalue weighted by atomic mass is 8.27. The van der Waals surface area contributed by atoms with Gasteiger partial charge in [-0.05, 0) is 0 Å². The van der Waals surface area contributed by atoms with Gasteiger partial charge in [0.2, 0.25) is 0 Å². The largest absolute Gasteiger partial charge is 0.0552 e. The minimum Gasteiger partial charge on any atom is 0.0000910 e. The van der Waals surface area contributed by atoms with Crippen molar-refractivity contribution in [2.45, 2.75) is 0 Å². The molecule has 0 heterocycles. The lowest BCUT2D eigenvalue weighted by Gasteiger charge is -2.53. The molecule has 0 aromatic carbocycles. The molecule has 0 unspecified atom stereocenters. The normalized spacial score (nSPS) is 9.60. The van der Waals surface area contributed by atoms with Crippen LogP contribution in [0.3, 0.4) is 0 Å². The van der Waals surface area contributed by atoms with Crippen molar-refractivity contribution in [3.63, 3.8) is 0 Å². The monoisotopic (exact) mass is 483 g/mol. The fraction of sp³-hybridized carbons (Fsp3) is 0. The van der Waals surface area contributed by atoms with E-state index in [0.29, 0.717) is 63.9 Å². The van der Waals surface area contributed by atoms with Crippen LogP contribution < -0.4 is 0 Å². The molecule has 0 aliphatic rings. The van der Waals surface area contributed by atoms with E-state index in [2.05, 4.69) is 162 Å². The van der Waals surface area contributed by atoms with Crippen LogP contribution in [-0.4, -0.2) is 284 Å².